The van der Waals surface area contributed by atoms with Crippen molar-refractivity contribution in [1.82, 2.24) is 0 Å². The SMILES string of the molecule is CC1(C)C(CBr)C12CC1CCC2C1. The van der Waals surface area contributed by atoms with E-state index in [0.29, 0.717) is 5.41 Å². The van der Waals surface area contributed by atoms with E-state index in [0.717, 1.165) is 23.2 Å². The molecule has 3 rings (SSSR count). The van der Waals surface area contributed by atoms with Crippen molar-refractivity contribution in [3.8, 4) is 0 Å². The molecule has 4 unspecified atom stereocenters. The van der Waals surface area contributed by atoms with Crippen molar-refractivity contribution in [3.63, 3.8) is 0 Å². The van der Waals surface area contributed by atoms with Gasteiger partial charge in [-0.05, 0) is 47.8 Å². The summed E-state index contributed by atoms with van der Waals surface area (Å²) in [6.07, 6.45) is 6.20. The lowest BCUT2D eigenvalue weighted by Gasteiger charge is -2.25. The lowest BCUT2D eigenvalue weighted by molar-refractivity contribution is 0.240. The van der Waals surface area contributed by atoms with Crippen molar-refractivity contribution in [3.05, 3.63) is 0 Å². The molecule has 74 valence electrons. The molecule has 0 aromatic rings. The average molecular weight is 243 g/mol. The summed E-state index contributed by atoms with van der Waals surface area (Å²) in [4.78, 5) is 0. The molecule has 0 amide bonds. The molecule has 0 radical (unpaired) electrons. The van der Waals surface area contributed by atoms with E-state index < -0.39 is 0 Å². The molecule has 0 aliphatic heterocycles. The van der Waals surface area contributed by atoms with Crippen LogP contribution in [0.4, 0.5) is 0 Å². The molecule has 0 aromatic heterocycles. The average Bonchev–Trinajstić information content (AvgIpc) is 2.49. The topological polar surface area (TPSA) is 0 Å². The van der Waals surface area contributed by atoms with E-state index in [2.05, 4.69) is 29.8 Å². The first-order valence-corrected chi connectivity index (χ1v) is 6.81. The number of hydrogen-bond donors (Lipinski definition) is 0. The van der Waals surface area contributed by atoms with E-state index in [1.807, 2.05) is 0 Å². The molecule has 3 aliphatic rings. The molecular formula is C12H19Br. The molecular weight excluding hydrogens is 224 g/mol. The van der Waals surface area contributed by atoms with Crippen molar-refractivity contribution in [2.24, 2.45) is 28.6 Å². The second kappa shape index (κ2) is 2.35. The highest BCUT2D eigenvalue weighted by Gasteiger charge is 2.75. The van der Waals surface area contributed by atoms with Gasteiger partial charge in [0.2, 0.25) is 0 Å². The van der Waals surface area contributed by atoms with Crippen LogP contribution in [0.5, 0.6) is 0 Å². The molecule has 1 spiro atoms. The van der Waals surface area contributed by atoms with Crippen LogP contribution < -0.4 is 0 Å². The van der Waals surface area contributed by atoms with Crippen molar-refractivity contribution in [2.45, 2.75) is 39.5 Å². The third kappa shape index (κ3) is 0.797. The molecule has 0 aromatic carbocycles. The van der Waals surface area contributed by atoms with E-state index in [1.165, 1.54) is 18.2 Å². The van der Waals surface area contributed by atoms with E-state index >= 15 is 0 Å². The summed E-state index contributed by atoms with van der Waals surface area (Å²) < 4.78 is 0. The zero-order chi connectivity index (χ0) is 9.27. The van der Waals surface area contributed by atoms with Crippen LogP contribution in [0.25, 0.3) is 0 Å². The first kappa shape index (κ1) is 8.76. The Hall–Kier alpha value is 0.480. The van der Waals surface area contributed by atoms with Crippen molar-refractivity contribution >= 4 is 15.9 Å². The third-order valence-electron chi connectivity index (χ3n) is 5.66. The van der Waals surface area contributed by atoms with Crippen molar-refractivity contribution in [2.75, 3.05) is 5.33 Å². The van der Waals surface area contributed by atoms with Crippen LogP contribution in [-0.2, 0) is 0 Å². The lowest BCUT2D eigenvalue weighted by Crippen LogP contribution is -2.18. The predicted octanol–water partition coefficient (Wildman–Crippen LogP) is 3.84. The minimum atomic E-state index is 0.649. The standard InChI is InChI=1S/C12H19Br/c1-11(2)10(7-13)12(11)6-8-3-4-9(12)5-8/h8-10H,3-7H2,1-2H3. The summed E-state index contributed by atoms with van der Waals surface area (Å²) in [6.45, 7) is 5.00. The Labute approximate surface area is 89.6 Å². The van der Waals surface area contributed by atoms with Crippen LogP contribution in [-0.4, -0.2) is 5.33 Å². The molecule has 1 heteroatoms. The first-order chi connectivity index (χ1) is 6.13. The molecule has 3 saturated carbocycles. The predicted molar refractivity (Wildman–Crippen MR) is 58.9 cm³/mol. The van der Waals surface area contributed by atoms with Gasteiger partial charge in [0.25, 0.3) is 0 Å². The number of hydrogen-bond acceptors (Lipinski definition) is 0. The van der Waals surface area contributed by atoms with Gasteiger partial charge in [-0.1, -0.05) is 36.2 Å². The zero-order valence-corrected chi connectivity index (χ0v) is 10.2. The Morgan fingerprint density at radius 3 is 2.46 bits per heavy atom. The minimum absolute atomic E-state index is 0.649. The molecule has 2 bridgehead atoms. The molecule has 13 heavy (non-hydrogen) atoms. The quantitative estimate of drug-likeness (QED) is 0.614. The number of rotatable bonds is 1. The molecule has 4 atom stereocenters. The third-order valence-corrected chi connectivity index (χ3v) is 6.31. The molecule has 3 fully saturated rings. The molecule has 3 aliphatic carbocycles. The van der Waals surface area contributed by atoms with E-state index in [1.54, 1.807) is 12.8 Å². The maximum Gasteiger partial charge on any atom is 0.00706 e. The van der Waals surface area contributed by atoms with Crippen LogP contribution in [0.15, 0.2) is 0 Å². The maximum absolute atomic E-state index is 3.71. The van der Waals surface area contributed by atoms with Gasteiger partial charge in [-0.25, -0.2) is 0 Å². The van der Waals surface area contributed by atoms with Gasteiger partial charge in [0.15, 0.2) is 0 Å². The normalized spacial score (nSPS) is 56.1. The Morgan fingerprint density at radius 1 is 1.31 bits per heavy atom. The van der Waals surface area contributed by atoms with Crippen molar-refractivity contribution in [1.29, 1.82) is 0 Å². The molecule has 0 heterocycles. The zero-order valence-electron chi connectivity index (χ0n) is 8.65. The number of alkyl halides is 1. The number of fused-ring (bicyclic) bond motifs is 3. The van der Waals surface area contributed by atoms with Gasteiger partial charge < -0.3 is 0 Å². The monoisotopic (exact) mass is 242 g/mol. The second-order valence-corrected chi connectivity index (χ2v) is 6.70. The summed E-state index contributed by atoms with van der Waals surface area (Å²) in [5.74, 6) is 3.18. The van der Waals surface area contributed by atoms with Gasteiger partial charge in [-0.2, -0.15) is 0 Å². The Morgan fingerprint density at radius 2 is 2.08 bits per heavy atom. The Kier molecular flexibility index (Phi) is 1.58. The van der Waals surface area contributed by atoms with E-state index in [4.69, 9.17) is 0 Å². The molecule has 0 N–H and O–H groups in total. The van der Waals surface area contributed by atoms with E-state index in [9.17, 15) is 0 Å². The molecule has 0 saturated heterocycles. The van der Waals surface area contributed by atoms with Gasteiger partial charge in [0, 0.05) is 5.33 Å². The fraction of sp³-hybridized carbons (Fsp3) is 1.00. The highest BCUT2D eigenvalue weighted by atomic mass is 79.9. The van der Waals surface area contributed by atoms with Crippen LogP contribution in [0.2, 0.25) is 0 Å². The van der Waals surface area contributed by atoms with Crippen molar-refractivity contribution < 1.29 is 0 Å². The summed E-state index contributed by atoms with van der Waals surface area (Å²) in [5.41, 5.74) is 1.43. The van der Waals surface area contributed by atoms with Gasteiger partial charge in [0.05, 0.1) is 0 Å². The van der Waals surface area contributed by atoms with Gasteiger partial charge in [0.1, 0.15) is 0 Å². The van der Waals surface area contributed by atoms with Crippen LogP contribution in [0, 0.1) is 28.6 Å². The van der Waals surface area contributed by atoms with Gasteiger partial charge in [-0.15, -0.1) is 0 Å². The minimum Gasteiger partial charge on any atom is -0.0925 e. The van der Waals surface area contributed by atoms with Gasteiger partial charge >= 0.3 is 0 Å². The van der Waals surface area contributed by atoms with Crippen LogP contribution in [0.3, 0.4) is 0 Å². The largest absolute Gasteiger partial charge is 0.0925 e. The molecule has 0 nitrogen and oxygen atoms in total. The summed E-state index contributed by atoms with van der Waals surface area (Å²) in [7, 11) is 0. The number of halogens is 1. The first-order valence-electron chi connectivity index (χ1n) is 5.69. The summed E-state index contributed by atoms with van der Waals surface area (Å²) in [6, 6.07) is 0. The summed E-state index contributed by atoms with van der Waals surface area (Å²) in [5, 5.41) is 1.24. The lowest BCUT2D eigenvalue weighted by atomic mass is 9.79. The maximum atomic E-state index is 3.71. The summed E-state index contributed by atoms with van der Waals surface area (Å²) >= 11 is 3.71. The second-order valence-electron chi connectivity index (χ2n) is 6.05. The highest BCUT2D eigenvalue weighted by Crippen LogP contribution is 2.81. The van der Waals surface area contributed by atoms with Gasteiger partial charge in [-0.3, -0.25) is 0 Å². The highest BCUT2D eigenvalue weighted by molar-refractivity contribution is 9.09. The fourth-order valence-electron chi connectivity index (χ4n) is 4.92. The van der Waals surface area contributed by atoms with Crippen LogP contribution in [0.1, 0.15) is 39.5 Å². The Balaban J connectivity index is 1.93. The van der Waals surface area contributed by atoms with E-state index in [-0.39, 0.29) is 0 Å². The fourth-order valence-corrected chi connectivity index (χ4v) is 6.31. The van der Waals surface area contributed by atoms with Crippen LogP contribution >= 0.6 is 15.9 Å². The smallest absolute Gasteiger partial charge is 0.00706 e. The Bertz CT molecular complexity index is 242.